The average Bonchev–Trinajstić information content (AvgIpc) is 3.18. The van der Waals surface area contributed by atoms with E-state index in [2.05, 4.69) is 88.4 Å². The van der Waals surface area contributed by atoms with E-state index in [-0.39, 0.29) is 17.2 Å². The maximum absolute atomic E-state index is 14.3. The van der Waals surface area contributed by atoms with Crippen LogP contribution in [0.15, 0.2) is 89.8 Å². The second-order valence-electron chi connectivity index (χ2n) is 12.6. The van der Waals surface area contributed by atoms with Crippen LogP contribution >= 0.6 is 0 Å². The zero-order chi connectivity index (χ0) is 27.9. The second kappa shape index (κ2) is 10.6. The van der Waals surface area contributed by atoms with Crippen molar-refractivity contribution in [3.63, 3.8) is 0 Å². The number of hydrogen-bond acceptors (Lipinski definition) is 3. The fraction of sp³-hybridized carbons (Fsp3) is 0.455. The Bertz CT molecular complexity index is 1320. The van der Waals surface area contributed by atoms with E-state index < -0.39 is 23.8 Å². The first-order chi connectivity index (χ1) is 18.5. The maximum atomic E-state index is 14.3. The van der Waals surface area contributed by atoms with Gasteiger partial charge in [-0.15, -0.1) is 0 Å². The van der Waals surface area contributed by atoms with Crippen molar-refractivity contribution < 1.29 is 13.2 Å². The fourth-order valence-corrected chi connectivity index (χ4v) is 14.8. The minimum Gasteiger partial charge on any atom is -0.355 e. The SMILES string of the molecule is Cc1ccc(S(=O)(=O)N2C(C)C(C[Si](c3ccccc3)(c3ccccc3)C(C)(C)C)OC23CCCCC3)cc1. The number of rotatable bonds is 6. The number of nitrogens with zero attached hydrogens (tertiary/aromatic N) is 1. The van der Waals surface area contributed by atoms with Crippen LogP contribution in [0.3, 0.4) is 0 Å². The molecule has 6 heteroatoms. The lowest BCUT2D eigenvalue weighted by molar-refractivity contribution is -0.0976. The molecule has 0 bridgehead atoms. The molecule has 0 amide bonds. The zero-order valence-electron chi connectivity index (χ0n) is 24.1. The summed E-state index contributed by atoms with van der Waals surface area (Å²) in [5.41, 5.74) is 0.272. The number of aryl methyl sites for hydroxylation is 1. The van der Waals surface area contributed by atoms with Crippen LogP contribution in [0.5, 0.6) is 0 Å². The molecule has 4 nitrogen and oxygen atoms in total. The molecule has 2 fully saturated rings. The number of ether oxygens (including phenoxy) is 1. The Morgan fingerprint density at radius 3 is 1.85 bits per heavy atom. The fourth-order valence-electron chi connectivity index (χ4n) is 7.19. The summed E-state index contributed by atoms with van der Waals surface area (Å²) in [5.74, 6) is 0. The molecular formula is C33H43NO3SSi. The molecule has 1 aliphatic heterocycles. The van der Waals surface area contributed by atoms with Crippen molar-refractivity contribution >= 4 is 28.5 Å². The van der Waals surface area contributed by atoms with Gasteiger partial charge in [0.05, 0.1) is 17.0 Å². The quantitative estimate of drug-likeness (QED) is 0.323. The number of benzene rings is 3. The largest absolute Gasteiger partial charge is 0.355 e. The minimum atomic E-state index is -3.74. The molecule has 5 rings (SSSR count). The highest BCUT2D eigenvalue weighted by molar-refractivity contribution is 7.89. The van der Waals surface area contributed by atoms with Crippen molar-refractivity contribution in [3.05, 3.63) is 90.5 Å². The molecule has 3 aromatic carbocycles. The first-order valence-corrected chi connectivity index (χ1v) is 18.1. The normalized spacial score (nSPS) is 22.3. The zero-order valence-corrected chi connectivity index (χ0v) is 25.9. The molecule has 1 spiro atoms. The highest BCUT2D eigenvalue weighted by atomic mass is 32.2. The van der Waals surface area contributed by atoms with Crippen molar-refractivity contribution in [3.8, 4) is 0 Å². The van der Waals surface area contributed by atoms with E-state index in [4.69, 9.17) is 4.74 Å². The van der Waals surface area contributed by atoms with Gasteiger partial charge in [-0.25, -0.2) is 8.42 Å². The van der Waals surface area contributed by atoms with Crippen LogP contribution in [-0.2, 0) is 14.8 Å². The number of sulfonamides is 1. The first-order valence-electron chi connectivity index (χ1n) is 14.4. The Morgan fingerprint density at radius 1 is 0.846 bits per heavy atom. The molecule has 1 saturated heterocycles. The van der Waals surface area contributed by atoms with Gasteiger partial charge >= 0.3 is 0 Å². The minimum absolute atomic E-state index is 0.0260. The maximum Gasteiger partial charge on any atom is 0.245 e. The molecule has 0 N–H and O–H groups in total. The molecule has 208 valence electrons. The summed E-state index contributed by atoms with van der Waals surface area (Å²) in [4.78, 5) is 0.361. The number of hydrogen-bond donors (Lipinski definition) is 0. The molecule has 3 aromatic rings. The van der Waals surface area contributed by atoms with Crippen LogP contribution in [0, 0.1) is 6.92 Å². The van der Waals surface area contributed by atoms with Gasteiger partial charge in [-0.3, -0.25) is 0 Å². The van der Waals surface area contributed by atoms with Crippen molar-refractivity contribution in [2.75, 3.05) is 0 Å². The summed E-state index contributed by atoms with van der Waals surface area (Å²) >= 11 is 0. The molecule has 0 radical (unpaired) electrons. The van der Waals surface area contributed by atoms with Gasteiger partial charge in [-0.1, -0.05) is 116 Å². The van der Waals surface area contributed by atoms with Gasteiger partial charge in [0.25, 0.3) is 0 Å². The molecule has 1 heterocycles. The molecule has 39 heavy (non-hydrogen) atoms. The Hall–Kier alpha value is -2.25. The van der Waals surface area contributed by atoms with Crippen LogP contribution in [0.25, 0.3) is 0 Å². The molecule has 2 aliphatic rings. The highest BCUT2D eigenvalue weighted by Crippen LogP contribution is 2.49. The van der Waals surface area contributed by atoms with Crippen molar-refractivity contribution in [2.45, 2.75) is 101 Å². The predicted molar refractivity (Wildman–Crippen MR) is 163 cm³/mol. The summed E-state index contributed by atoms with van der Waals surface area (Å²) in [7, 11) is -6.20. The van der Waals surface area contributed by atoms with Crippen molar-refractivity contribution in [2.24, 2.45) is 0 Å². The molecule has 0 aromatic heterocycles. The standard InChI is InChI=1S/C33H43NO3SSi/c1-26-19-21-28(22-20-26)38(35,36)34-27(2)31(37-33(34)23-13-8-14-24-33)25-39(32(3,4)5,29-15-9-6-10-16-29)30-17-11-7-12-18-30/h6-7,9-12,15-22,27,31H,8,13-14,23-25H2,1-5H3. The predicted octanol–water partition coefficient (Wildman–Crippen LogP) is 6.50. The third-order valence-corrected chi connectivity index (χ3v) is 17.5. The highest BCUT2D eigenvalue weighted by Gasteiger charge is 2.60. The Kier molecular flexibility index (Phi) is 7.70. The smallest absolute Gasteiger partial charge is 0.245 e. The van der Waals surface area contributed by atoms with Crippen LogP contribution < -0.4 is 10.4 Å². The van der Waals surface area contributed by atoms with E-state index in [1.54, 1.807) is 16.4 Å². The third kappa shape index (κ3) is 4.94. The molecule has 1 aliphatic carbocycles. The Labute approximate surface area is 236 Å². The van der Waals surface area contributed by atoms with Gasteiger partial charge in [0, 0.05) is 0 Å². The topological polar surface area (TPSA) is 46.6 Å². The molecule has 2 unspecified atom stereocenters. The van der Waals surface area contributed by atoms with E-state index >= 15 is 0 Å². The lowest BCUT2D eigenvalue weighted by atomic mass is 9.92. The van der Waals surface area contributed by atoms with Crippen molar-refractivity contribution in [1.29, 1.82) is 0 Å². The summed E-state index contributed by atoms with van der Waals surface area (Å²) in [5, 5.41) is 2.72. The summed E-state index contributed by atoms with van der Waals surface area (Å²) in [6.45, 7) is 11.1. The van der Waals surface area contributed by atoms with E-state index in [0.717, 1.165) is 43.7 Å². The van der Waals surface area contributed by atoms with E-state index in [0.29, 0.717) is 4.90 Å². The van der Waals surface area contributed by atoms with Crippen LogP contribution in [0.2, 0.25) is 11.1 Å². The van der Waals surface area contributed by atoms with Gasteiger partial charge in [0.2, 0.25) is 10.0 Å². The third-order valence-electron chi connectivity index (χ3n) is 9.21. The van der Waals surface area contributed by atoms with Gasteiger partial charge in [0.15, 0.2) is 0 Å². The van der Waals surface area contributed by atoms with Crippen LogP contribution in [0.1, 0.15) is 65.4 Å². The summed E-state index contributed by atoms with van der Waals surface area (Å²) in [6, 6.07) is 29.7. The molecule has 1 saturated carbocycles. The van der Waals surface area contributed by atoms with Gasteiger partial charge in [-0.05, 0) is 62.7 Å². The summed E-state index contributed by atoms with van der Waals surface area (Å²) < 4.78 is 37.6. The van der Waals surface area contributed by atoms with E-state index in [1.807, 2.05) is 19.1 Å². The van der Waals surface area contributed by atoms with E-state index in [1.165, 1.54) is 10.4 Å². The Balaban J connectivity index is 1.64. The average molecular weight is 562 g/mol. The molecular weight excluding hydrogens is 519 g/mol. The first kappa shape index (κ1) is 28.3. The van der Waals surface area contributed by atoms with Crippen LogP contribution in [0.4, 0.5) is 0 Å². The Morgan fingerprint density at radius 2 is 1.36 bits per heavy atom. The van der Waals surface area contributed by atoms with Gasteiger partial charge in [-0.2, -0.15) is 4.31 Å². The monoisotopic (exact) mass is 561 g/mol. The van der Waals surface area contributed by atoms with Crippen molar-refractivity contribution in [1.82, 2.24) is 4.31 Å². The van der Waals surface area contributed by atoms with Gasteiger partial charge < -0.3 is 4.74 Å². The van der Waals surface area contributed by atoms with Crippen LogP contribution in [-0.4, -0.2) is 38.7 Å². The van der Waals surface area contributed by atoms with Gasteiger partial charge in [0.1, 0.15) is 13.8 Å². The second-order valence-corrected chi connectivity index (χ2v) is 19.3. The molecule has 2 atom stereocenters. The summed E-state index contributed by atoms with van der Waals surface area (Å²) in [6.07, 6.45) is 4.39. The lowest BCUT2D eigenvalue weighted by Gasteiger charge is -2.46. The lowest BCUT2D eigenvalue weighted by Crippen LogP contribution is -2.66. The van der Waals surface area contributed by atoms with E-state index in [9.17, 15) is 8.42 Å².